The molecule has 1 amide bonds. The van der Waals surface area contributed by atoms with Crippen LogP contribution in [-0.2, 0) is 24.0 Å². The van der Waals surface area contributed by atoms with Crippen molar-refractivity contribution in [3.8, 4) is 6.07 Å². The van der Waals surface area contributed by atoms with E-state index < -0.39 is 29.6 Å². The van der Waals surface area contributed by atoms with Gasteiger partial charge in [0, 0.05) is 19.3 Å². The van der Waals surface area contributed by atoms with Gasteiger partial charge in [0.25, 0.3) is 11.6 Å². The first-order chi connectivity index (χ1) is 10.4. The van der Waals surface area contributed by atoms with Crippen LogP contribution in [0.4, 0.5) is 0 Å². The molecule has 0 aromatic heterocycles. The molecule has 118 valence electrons. The van der Waals surface area contributed by atoms with Crippen molar-refractivity contribution in [3.05, 3.63) is 0 Å². The van der Waals surface area contributed by atoms with Crippen LogP contribution >= 0.6 is 12.2 Å². The Morgan fingerprint density at radius 3 is 2.78 bits per heavy atom. The van der Waals surface area contributed by atoms with Gasteiger partial charge in [-0.3, -0.25) is 14.4 Å². The molecular weight excluding hydrogens is 337 g/mol. The van der Waals surface area contributed by atoms with E-state index in [0.717, 1.165) is 0 Å². The first-order valence-electron chi connectivity index (χ1n) is 6.47. The largest absolute Gasteiger partial charge is 1.00 e. The molecule has 11 heteroatoms. The van der Waals surface area contributed by atoms with E-state index >= 15 is 0 Å². The summed E-state index contributed by atoms with van der Waals surface area (Å²) >= 11 is 4.98. The molecule has 0 bridgehead atoms. The van der Waals surface area contributed by atoms with Gasteiger partial charge in [-0.2, -0.15) is 10.3 Å². The Kier molecular flexibility index (Phi) is 6.91. The molecule has 2 aliphatic rings. The van der Waals surface area contributed by atoms with Crippen molar-refractivity contribution >= 4 is 35.1 Å². The summed E-state index contributed by atoms with van der Waals surface area (Å²) in [5, 5.41) is 23.0. The molecule has 0 aromatic rings. The average Bonchev–Trinajstić information content (AvgIpc) is 3.02. The van der Waals surface area contributed by atoms with Crippen LogP contribution < -0.4 is 40.0 Å². The molecule has 2 heterocycles. The number of hydrogen-bond donors (Lipinski definition) is 1. The number of esters is 1. The number of hydroxylamine groups is 2. The molecular formula is C12H12N3NaO6S. The Balaban J connectivity index is 0.00000264. The van der Waals surface area contributed by atoms with Crippen LogP contribution in [0.1, 0.15) is 25.7 Å². The second-order valence-corrected chi connectivity index (χ2v) is 5.25. The average molecular weight is 349 g/mol. The van der Waals surface area contributed by atoms with E-state index in [1.54, 1.807) is 0 Å². The van der Waals surface area contributed by atoms with Gasteiger partial charge in [0.2, 0.25) is 0 Å². The van der Waals surface area contributed by atoms with Gasteiger partial charge >= 0.3 is 35.5 Å². The number of nitrogens with zero attached hydrogens (tertiary/aromatic N) is 2. The molecule has 2 fully saturated rings. The van der Waals surface area contributed by atoms with Crippen LogP contribution in [0.3, 0.4) is 0 Å². The minimum atomic E-state index is -2.24. The summed E-state index contributed by atoms with van der Waals surface area (Å²) < 4.78 is 4.76. The summed E-state index contributed by atoms with van der Waals surface area (Å²) in [6.07, 6.45) is 0.0689. The van der Waals surface area contributed by atoms with Gasteiger partial charge < -0.3 is 20.0 Å². The van der Waals surface area contributed by atoms with E-state index in [0.29, 0.717) is 5.06 Å². The van der Waals surface area contributed by atoms with Gasteiger partial charge in [-0.15, -0.1) is 0 Å². The number of hydrogen-bond acceptors (Lipinski definition) is 8. The maximum Gasteiger partial charge on any atom is 1.00 e. The SMILES string of the molecule is N#CCCC(=S)N[C@H]1CON(C2(C(=O)[O-])CCC(=O)O2)C1=O.[Na+]. The number of carboxylic acid groups (broad SMARTS) is 1. The normalized spacial score (nSPS) is 26.2. The molecule has 1 N–H and O–H groups in total. The van der Waals surface area contributed by atoms with Crippen molar-refractivity contribution in [2.75, 3.05) is 6.61 Å². The molecule has 23 heavy (non-hydrogen) atoms. The fraction of sp³-hybridized carbons (Fsp3) is 0.583. The third-order valence-corrected chi connectivity index (χ3v) is 3.59. The van der Waals surface area contributed by atoms with Crippen LogP contribution in [-0.4, -0.2) is 46.3 Å². The third-order valence-electron chi connectivity index (χ3n) is 3.27. The number of amides is 1. The maximum absolute atomic E-state index is 12.2. The van der Waals surface area contributed by atoms with Crippen molar-refractivity contribution in [1.82, 2.24) is 10.4 Å². The number of cyclic esters (lactones) is 1. The molecule has 0 radical (unpaired) electrons. The fourth-order valence-corrected chi connectivity index (χ4v) is 2.42. The Hall–Kier alpha value is -1.25. The summed E-state index contributed by atoms with van der Waals surface area (Å²) in [5.41, 5.74) is -2.24. The van der Waals surface area contributed by atoms with Crippen molar-refractivity contribution in [2.24, 2.45) is 0 Å². The Labute approximate surface area is 159 Å². The number of thiocarbonyl (C=S) groups is 1. The smallest absolute Gasteiger partial charge is 0.544 e. The first-order valence-corrected chi connectivity index (χ1v) is 6.88. The number of carboxylic acids is 1. The summed E-state index contributed by atoms with van der Waals surface area (Å²) in [6, 6.07) is 1.02. The summed E-state index contributed by atoms with van der Waals surface area (Å²) in [4.78, 5) is 40.2. The van der Waals surface area contributed by atoms with Crippen molar-refractivity contribution < 1.29 is 58.6 Å². The molecule has 0 spiro atoms. The predicted molar refractivity (Wildman–Crippen MR) is 70.2 cm³/mol. The minimum absolute atomic E-state index is 0. The van der Waals surface area contributed by atoms with E-state index in [1.165, 1.54) is 0 Å². The predicted octanol–water partition coefficient (Wildman–Crippen LogP) is -4.86. The maximum atomic E-state index is 12.2. The van der Waals surface area contributed by atoms with E-state index in [1.807, 2.05) is 6.07 Å². The van der Waals surface area contributed by atoms with E-state index in [2.05, 4.69) is 5.32 Å². The van der Waals surface area contributed by atoms with Gasteiger partial charge in [0.15, 0.2) is 0 Å². The molecule has 2 atom stereocenters. The van der Waals surface area contributed by atoms with Gasteiger partial charge in [0.1, 0.15) is 18.6 Å². The molecule has 0 aliphatic carbocycles. The number of ether oxygens (including phenoxy) is 1. The summed E-state index contributed by atoms with van der Waals surface area (Å²) in [6.45, 7) is -0.169. The monoisotopic (exact) mass is 349 g/mol. The van der Waals surface area contributed by atoms with Crippen molar-refractivity contribution in [1.29, 1.82) is 5.26 Å². The Morgan fingerprint density at radius 1 is 1.57 bits per heavy atom. The standard InChI is InChI=1S/C12H13N3O6S.Na/c13-5-1-2-8(22)14-7-6-20-15(10(7)17)12(11(18)19)4-3-9(16)21-12;/h7H,1-4,6H2,(H,14,22)(H,18,19);/q;+1/p-1/t7-,12?;/m0./s1. The number of aliphatic carboxylic acids is 1. The van der Waals surface area contributed by atoms with E-state index in [9.17, 15) is 19.5 Å². The summed E-state index contributed by atoms with van der Waals surface area (Å²) in [5.74, 6) is -3.20. The molecule has 0 aromatic carbocycles. The second kappa shape index (κ2) is 8.03. The fourth-order valence-electron chi connectivity index (χ4n) is 2.18. The van der Waals surface area contributed by atoms with Crippen LogP contribution in [0.15, 0.2) is 0 Å². The number of nitriles is 1. The number of rotatable bonds is 5. The molecule has 1 unspecified atom stereocenters. The van der Waals surface area contributed by atoms with Gasteiger partial charge in [0.05, 0.1) is 17.5 Å². The van der Waals surface area contributed by atoms with Crippen LogP contribution in [0, 0.1) is 11.3 Å². The Morgan fingerprint density at radius 2 is 2.26 bits per heavy atom. The molecule has 2 aliphatic heterocycles. The van der Waals surface area contributed by atoms with Crippen LogP contribution in [0.5, 0.6) is 0 Å². The molecule has 2 rings (SSSR count). The summed E-state index contributed by atoms with van der Waals surface area (Å²) in [7, 11) is 0. The van der Waals surface area contributed by atoms with Crippen molar-refractivity contribution in [3.63, 3.8) is 0 Å². The van der Waals surface area contributed by atoms with Gasteiger partial charge in [-0.25, -0.2) is 0 Å². The van der Waals surface area contributed by atoms with Gasteiger partial charge in [-0.1, -0.05) is 12.2 Å². The van der Waals surface area contributed by atoms with Crippen LogP contribution in [0.25, 0.3) is 0 Å². The number of carbonyl (C=O) groups excluding carboxylic acids is 3. The zero-order valence-corrected chi connectivity index (χ0v) is 15.2. The van der Waals surface area contributed by atoms with E-state index in [-0.39, 0.29) is 66.8 Å². The molecule has 0 saturated carbocycles. The second-order valence-electron chi connectivity index (χ2n) is 4.75. The molecule has 9 nitrogen and oxygen atoms in total. The zero-order valence-electron chi connectivity index (χ0n) is 12.4. The first kappa shape index (κ1) is 19.8. The Bertz CT molecular complexity index is 580. The quantitative estimate of drug-likeness (QED) is 0.295. The minimum Gasteiger partial charge on any atom is -0.544 e. The zero-order chi connectivity index (χ0) is 16.3. The molecule has 2 saturated heterocycles. The number of carbonyl (C=O) groups is 3. The number of nitrogens with one attached hydrogen (secondary N) is 1. The third kappa shape index (κ3) is 3.99. The van der Waals surface area contributed by atoms with E-state index in [4.69, 9.17) is 27.1 Å². The van der Waals surface area contributed by atoms with Gasteiger partial charge in [-0.05, 0) is 0 Å². The van der Waals surface area contributed by atoms with Crippen LogP contribution in [0.2, 0.25) is 0 Å². The van der Waals surface area contributed by atoms with Crippen molar-refractivity contribution in [2.45, 2.75) is 37.5 Å². The topological polar surface area (TPSA) is 132 Å².